The van der Waals surface area contributed by atoms with Gasteiger partial charge in [-0.3, -0.25) is 4.79 Å². The third kappa shape index (κ3) is 5.20. The topological polar surface area (TPSA) is 118 Å². The Morgan fingerprint density at radius 2 is 1.38 bits per heavy atom. The molecular weight excluding hydrogens is 474 g/mol. The molecule has 34 heavy (non-hydrogen) atoms. The lowest BCUT2D eigenvalue weighted by Gasteiger charge is -2.41. The van der Waals surface area contributed by atoms with Crippen molar-refractivity contribution >= 4 is 26.0 Å². The van der Waals surface area contributed by atoms with Crippen molar-refractivity contribution < 1.29 is 21.6 Å². The number of benzene rings is 3. The number of hydrogen-bond acceptors (Lipinski definition) is 5. The number of nitrogens with two attached hydrogens (primary N) is 1. The lowest BCUT2D eigenvalue weighted by Crippen LogP contribution is -2.57. The molecule has 1 fully saturated rings. The van der Waals surface area contributed by atoms with Gasteiger partial charge in [-0.25, -0.2) is 22.0 Å². The first-order valence-corrected chi connectivity index (χ1v) is 13.7. The molecule has 1 amide bonds. The van der Waals surface area contributed by atoms with Crippen molar-refractivity contribution in [2.45, 2.75) is 22.3 Å². The highest BCUT2D eigenvalue weighted by Gasteiger charge is 2.36. The van der Waals surface area contributed by atoms with Crippen LogP contribution in [0.25, 0.3) is 0 Å². The van der Waals surface area contributed by atoms with Crippen LogP contribution in [0.1, 0.15) is 15.9 Å². The molecule has 4 rings (SSSR count). The number of rotatable bonds is 6. The highest BCUT2D eigenvalue weighted by molar-refractivity contribution is 7.89. The lowest BCUT2D eigenvalue weighted by molar-refractivity contribution is 0.0565. The number of amides is 1. The average Bonchev–Trinajstić information content (AvgIpc) is 2.84. The largest absolute Gasteiger partial charge is 0.333 e. The van der Waals surface area contributed by atoms with E-state index in [4.69, 9.17) is 5.14 Å². The molecule has 0 spiro atoms. The zero-order valence-corrected chi connectivity index (χ0v) is 20.0. The third-order valence-corrected chi connectivity index (χ3v) is 8.64. The minimum Gasteiger partial charge on any atom is -0.333 e. The van der Waals surface area contributed by atoms with Crippen LogP contribution in [-0.4, -0.2) is 57.6 Å². The summed E-state index contributed by atoms with van der Waals surface area (Å²) in [4.78, 5) is 15.2. The van der Waals surface area contributed by atoms with E-state index in [1.54, 1.807) is 35.2 Å². The molecule has 0 aromatic heterocycles. The maximum Gasteiger partial charge on any atom is 0.254 e. The molecule has 0 bridgehead atoms. The minimum absolute atomic E-state index is 0.0799. The molecule has 1 aliphatic rings. The van der Waals surface area contributed by atoms with E-state index in [0.717, 1.165) is 5.56 Å². The first kappa shape index (κ1) is 24.1. The number of hydrogen-bond donors (Lipinski definition) is 1. The molecule has 1 aliphatic heterocycles. The fourth-order valence-electron chi connectivity index (χ4n) is 4.07. The Morgan fingerprint density at radius 3 is 1.97 bits per heavy atom. The van der Waals surface area contributed by atoms with E-state index in [9.17, 15) is 21.6 Å². The minimum atomic E-state index is -3.87. The summed E-state index contributed by atoms with van der Waals surface area (Å²) in [5.41, 5.74) is 1.29. The zero-order chi connectivity index (χ0) is 24.3. The zero-order valence-electron chi connectivity index (χ0n) is 18.3. The van der Waals surface area contributed by atoms with Gasteiger partial charge in [0.05, 0.1) is 9.79 Å². The fraction of sp³-hybridized carbons (Fsp3) is 0.208. The van der Waals surface area contributed by atoms with E-state index >= 15 is 0 Å². The molecule has 10 heteroatoms. The molecule has 0 radical (unpaired) electrons. The first-order valence-electron chi connectivity index (χ1n) is 10.7. The number of carbonyl (C=O) groups is 1. The summed E-state index contributed by atoms with van der Waals surface area (Å²) in [6.07, 6.45) is 0.475. The molecule has 1 atom stereocenters. The second kappa shape index (κ2) is 9.67. The Hall–Kier alpha value is -3.05. The summed E-state index contributed by atoms with van der Waals surface area (Å²) < 4.78 is 50.9. The maximum atomic E-state index is 13.4. The number of sulfonamides is 2. The monoisotopic (exact) mass is 499 g/mol. The third-order valence-electron chi connectivity index (χ3n) is 5.83. The van der Waals surface area contributed by atoms with Gasteiger partial charge in [-0.1, -0.05) is 48.5 Å². The Bertz CT molecular complexity index is 1360. The van der Waals surface area contributed by atoms with E-state index in [1.807, 2.05) is 30.3 Å². The first-order chi connectivity index (χ1) is 16.2. The smallest absolute Gasteiger partial charge is 0.254 e. The highest BCUT2D eigenvalue weighted by atomic mass is 32.2. The molecule has 1 saturated heterocycles. The van der Waals surface area contributed by atoms with E-state index < -0.39 is 26.1 Å². The normalized spacial score (nSPS) is 17.4. The van der Waals surface area contributed by atoms with Crippen LogP contribution < -0.4 is 5.14 Å². The predicted molar refractivity (Wildman–Crippen MR) is 128 cm³/mol. The number of carbonyl (C=O) groups excluding carboxylic acids is 1. The van der Waals surface area contributed by atoms with Gasteiger partial charge < -0.3 is 4.90 Å². The summed E-state index contributed by atoms with van der Waals surface area (Å²) in [6, 6.07) is 22.9. The molecule has 2 N–H and O–H groups in total. The standard InChI is InChI=1S/C24H25N3O5S2/c25-33(29,30)22-13-11-20(12-14-22)24(28)27-16-15-26(34(31,32)23-9-5-2-6-10-23)18-21(27)17-19-7-3-1-4-8-19/h1-14,21H,15-18H2,(H2,25,29,30)/t21-/m0/s1. The fourth-order valence-corrected chi connectivity index (χ4v) is 6.07. The van der Waals surface area contributed by atoms with Crippen LogP contribution in [0.15, 0.2) is 94.7 Å². The molecule has 1 heterocycles. The van der Waals surface area contributed by atoms with Crippen LogP contribution in [0.4, 0.5) is 0 Å². The van der Waals surface area contributed by atoms with Crippen molar-refractivity contribution in [3.05, 3.63) is 96.1 Å². The van der Waals surface area contributed by atoms with Crippen LogP contribution in [0.5, 0.6) is 0 Å². The van der Waals surface area contributed by atoms with Gasteiger partial charge in [-0.15, -0.1) is 0 Å². The van der Waals surface area contributed by atoms with E-state index in [-0.39, 0.29) is 35.3 Å². The van der Waals surface area contributed by atoms with Gasteiger partial charge in [0.15, 0.2) is 0 Å². The number of nitrogens with zero attached hydrogens (tertiary/aromatic N) is 2. The van der Waals surface area contributed by atoms with Gasteiger partial charge >= 0.3 is 0 Å². The Kier molecular flexibility index (Phi) is 6.85. The lowest BCUT2D eigenvalue weighted by atomic mass is 10.0. The van der Waals surface area contributed by atoms with Crippen LogP contribution in [0, 0.1) is 0 Å². The summed E-state index contributed by atoms with van der Waals surface area (Å²) in [7, 11) is -7.58. The summed E-state index contributed by atoms with van der Waals surface area (Å²) >= 11 is 0. The van der Waals surface area contributed by atoms with Crippen molar-refractivity contribution in [2.24, 2.45) is 5.14 Å². The van der Waals surface area contributed by atoms with Gasteiger partial charge in [0.2, 0.25) is 20.0 Å². The van der Waals surface area contributed by atoms with Gasteiger partial charge in [-0.2, -0.15) is 4.31 Å². The molecule has 3 aromatic rings. The molecule has 0 saturated carbocycles. The molecule has 8 nitrogen and oxygen atoms in total. The van der Waals surface area contributed by atoms with Crippen LogP contribution >= 0.6 is 0 Å². The van der Waals surface area contributed by atoms with Gasteiger partial charge in [0.25, 0.3) is 5.91 Å². The average molecular weight is 500 g/mol. The van der Waals surface area contributed by atoms with Gasteiger partial charge in [0, 0.05) is 31.2 Å². The second-order valence-corrected chi connectivity index (χ2v) is 11.6. The van der Waals surface area contributed by atoms with Gasteiger partial charge in [-0.05, 0) is 48.4 Å². The number of primary sulfonamides is 1. The maximum absolute atomic E-state index is 13.4. The Labute approximate surface area is 199 Å². The van der Waals surface area contributed by atoms with E-state index in [1.165, 1.54) is 28.6 Å². The molecule has 0 unspecified atom stereocenters. The summed E-state index contributed by atoms with van der Waals surface area (Å²) in [5, 5.41) is 5.15. The molecule has 178 valence electrons. The summed E-state index contributed by atoms with van der Waals surface area (Å²) in [5.74, 6) is -0.293. The van der Waals surface area contributed by atoms with Crippen molar-refractivity contribution in [2.75, 3.05) is 19.6 Å². The van der Waals surface area contributed by atoms with Crippen LogP contribution in [0.3, 0.4) is 0 Å². The van der Waals surface area contributed by atoms with Crippen molar-refractivity contribution in [1.29, 1.82) is 0 Å². The Morgan fingerprint density at radius 1 is 0.794 bits per heavy atom. The quantitative estimate of drug-likeness (QED) is 0.557. The predicted octanol–water partition coefficient (Wildman–Crippen LogP) is 2.09. The van der Waals surface area contributed by atoms with Gasteiger partial charge in [0.1, 0.15) is 0 Å². The molecule has 3 aromatic carbocycles. The van der Waals surface area contributed by atoms with E-state index in [0.29, 0.717) is 12.0 Å². The van der Waals surface area contributed by atoms with E-state index in [2.05, 4.69) is 0 Å². The molecular formula is C24H25N3O5S2. The van der Waals surface area contributed by atoms with Crippen molar-refractivity contribution in [3.8, 4) is 0 Å². The highest BCUT2D eigenvalue weighted by Crippen LogP contribution is 2.24. The SMILES string of the molecule is NS(=O)(=O)c1ccc(C(=O)N2CCN(S(=O)(=O)c3ccccc3)C[C@@H]2Cc2ccccc2)cc1. The summed E-state index contributed by atoms with van der Waals surface area (Å²) in [6.45, 7) is 0.510. The van der Waals surface area contributed by atoms with Crippen molar-refractivity contribution in [1.82, 2.24) is 9.21 Å². The molecule has 0 aliphatic carbocycles. The van der Waals surface area contributed by atoms with Crippen LogP contribution in [-0.2, 0) is 26.5 Å². The number of piperazine rings is 1. The second-order valence-electron chi connectivity index (χ2n) is 8.09. The van der Waals surface area contributed by atoms with Crippen molar-refractivity contribution in [3.63, 3.8) is 0 Å². The Balaban J connectivity index is 1.62. The van der Waals surface area contributed by atoms with Crippen LogP contribution in [0.2, 0.25) is 0 Å².